The van der Waals surface area contributed by atoms with Crippen LogP contribution in [0.2, 0.25) is 0 Å². The van der Waals surface area contributed by atoms with E-state index in [4.69, 9.17) is 9.47 Å². The zero-order chi connectivity index (χ0) is 13.7. The van der Waals surface area contributed by atoms with E-state index in [0.717, 1.165) is 19.3 Å². The highest BCUT2D eigenvalue weighted by Crippen LogP contribution is 2.56. The summed E-state index contributed by atoms with van der Waals surface area (Å²) in [6, 6.07) is 0. The van der Waals surface area contributed by atoms with Crippen molar-refractivity contribution in [1.29, 1.82) is 0 Å². The van der Waals surface area contributed by atoms with Crippen molar-refractivity contribution < 1.29 is 14.3 Å². The first-order chi connectivity index (χ1) is 8.99. The molecule has 3 nitrogen and oxygen atoms in total. The number of allylic oxidation sites excluding steroid dienone is 2. The van der Waals surface area contributed by atoms with Crippen molar-refractivity contribution in [2.75, 3.05) is 13.2 Å². The highest BCUT2D eigenvalue weighted by molar-refractivity contribution is 5.90. The van der Waals surface area contributed by atoms with Crippen LogP contribution in [0.25, 0.3) is 0 Å². The first-order valence-corrected chi connectivity index (χ1v) is 7.47. The topological polar surface area (TPSA) is 35.5 Å². The highest BCUT2D eigenvalue weighted by atomic mass is 16.7. The summed E-state index contributed by atoms with van der Waals surface area (Å²) >= 11 is 0. The second-order valence-electron chi connectivity index (χ2n) is 6.58. The molecule has 0 N–H and O–H groups in total. The molecule has 106 valence electrons. The molecule has 2 fully saturated rings. The van der Waals surface area contributed by atoms with Crippen LogP contribution in [0.5, 0.6) is 0 Å². The molecule has 0 aromatic heterocycles. The maximum Gasteiger partial charge on any atom is 0.168 e. The van der Waals surface area contributed by atoms with Gasteiger partial charge >= 0.3 is 0 Å². The molecule has 1 saturated carbocycles. The van der Waals surface area contributed by atoms with Gasteiger partial charge in [0.25, 0.3) is 0 Å². The van der Waals surface area contributed by atoms with Gasteiger partial charge < -0.3 is 9.47 Å². The molecule has 1 saturated heterocycles. The minimum Gasteiger partial charge on any atom is -0.348 e. The van der Waals surface area contributed by atoms with Gasteiger partial charge in [-0.15, -0.1) is 0 Å². The number of carbonyl (C=O) groups is 1. The van der Waals surface area contributed by atoms with Crippen LogP contribution < -0.4 is 0 Å². The van der Waals surface area contributed by atoms with E-state index in [0.29, 0.717) is 31.3 Å². The SMILES string of the molecule is CC1=CCC[C@H](C)[C@]12CC(C1(C)OCCO1)CC2=O. The Balaban J connectivity index is 1.91. The lowest BCUT2D eigenvalue weighted by Gasteiger charge is -2.39. The quantitative estimate of drug-likeness (QED) is 0.683. The van der Waals surface area contributed by atoms with E-state index in [9.17, 15) is 4.79 Å². The van der Waals surface area contributed by atoms with Gasteiger partial charge in [-0.05, 0) is 39.0 Å². The molecule has 1 spiro atoms. The Hall–Kier alpha value is -0.670. The molecule has 0 aromatic carbocycles. The Labute approximate surface area is 115 Å². The molecule has 1 heterocycles. The van der Waals surface area contributed by atoms with Gasteiger partial charge in [0.1, 0.15) is 5.78 Å². The first kappa shape index (κ1) is 13.3. The van der Waals surface area contributed by atoms with Gasteiger partial charge in [-0.3, -0.25) is 4.79 Å². The fourth-order valence-corrected chi connectivity index (χ4v) is 4.34. The summed E-state index contributed by atoms with van der Waals surface area (Å²) in [5.41, 5.74) is 1.04. The summed E-state index contributed by atoms with van der Waals surface area (Å²) in [6.45, 7) is 7.67. The Morgan fingerprint density at radius 2 is 2.00 bits per heavy atom. The fourth-order valence-electron chi connectivity index (χ4n) is 4.34. The number of ketones is 1. The van der Waals surface area contributed by atoms with Gasteiger partial charge in [0.15, 0.2) is 5.79 Å². The van der Waals surface area contributed by atoms with Crippen molar-refractivity contribution in [1.82, 2.24) is 0 Å². The van der Waals surface area contributed by atoms with Crippen LogP contribution in [0.4, 0.5) is 0 Å². The molecular weight excluding hydrogens is 240 g/mol. The zero-order valence-corrected chi connectivity index (χ0v) is 12.2. The molecule has 2 aliphatic carbocycles. The molecule has 19 heavy (non-hydrogen) atoms. The maximum absolute atomic E-state index is 12.7. The van der Waals surface area contributed by atoms with Crippen molar-refractivity contribution in [2.45, 2.75) is 52.2 Å². The average molecular weight is 264 g/mol. The van der Waals surface area contributed by atoms with Crippen LogP contribution in [0.3, 0.4) is 0 Å². The van der Waals surface area contributed by atoms with E-state index >= 15 is 0 Å². The van der Waals surface area contributed by atoms with Crippen LogP contribution in [0.15, 0.2) is 11.6 Å². The minimum atomic E-state index is -0.545. The van der Waals surface area contributed by atoms with Crippen molar-refractivity contribution in [2.24, 2.45) is 17.3 Å². The molecule has 0 bridgehead atoms. The predicted octanol–water partition coefficient (Wildman–Crippen LogP) is 3.09. The summed E-state index contributed by atoms with van der Waals surface area (Å²) in [5, 5.41) is 0. The third-order valence-corrected chi connectivity index (χ3v) is 5.70. The Morgan fingerprint density at radius 1 is 1.32 bits per heavy atom. The summed E-state index contributed by atoms with van der Waals surface area (Å²) in [7, 11) is 0. The number of Topliss-reactive ketones (excluding diaryl/α,β-unsaturated/α-hetero) is 1. The first-order valence-electron chi connectivity index (χ1n) is 7.47. The van der Waals surface area contributed by atoms with Crippen LogP contribution in [-0.2, 0) is 14.3 Å². The molecule has 0 aromatic rings. The molecule has 1 unspecified atom stereocenters. The van der Waals surface area contributed by atoms with E-state index in [1.807, 2.05) is 6.92 Å². The molecule has 1 aliphatic heterocycles. The molecular formula is C16H24O3. The van der Waals surface area contributed by atoms with Gasteiger partial charge in [0.2, 0.25) is 0 Å². The summed E-state index contributed by atoms with van der Waals surface area (Å²) in [4.78, 5) is 12.7. The lowest BCUT2D eigenvalue weighted by Crippen LogP contribution is -2.38. The monoisotopic (exact) mass is 264 g/mol. The molecule has 3 atom stereocenters. The van der Waals surface area contributed by atoms with Crippen molar-refractivity contribution in [3.8, 4) is 0 Å². The Kier molecular flexibility index (Phi) is 3.10. The van der Waals surface area contributed by atoms with E-state index in [1.54, 1.807) is 0 Å². The molecule has 3 aliphatic rings. The highest BCUT2D eigenvalue weighted by Gasteiger charge is 2.57. The van der Waals surface area contributed by atoms with Gasteiger partial charge in [0.05, 0.1) is 18.6 Å². The van der Waals surface area contributed by atoms with E-state index in [-0.39, 0.29) is 11.3 Å². The predicted molar refractivity (Wildman–Crippen MR) is 72.6 cm³/mol. The van der Waals surface area contributed by atoms with Crippen molar-refractivity contribution in [3.05, 3.63) is 11.6 Å². The third-order valence-electron chi connectivity index (χ3n) is 5.70. The Bertz CT molecular complexity index is 420. The summed E-state index contributed by atoms with van der Waals surface area (Å²) in [5.74, 6) is 0.501. The smallest absolute Gasteiger partial charge is 0.168 e. The number of carbonyl (C=O) groups excluding carboxylic acids is 1. The average Bonchev–Trinajstić information content (AvgIpc) is 2.93. The van der Waals surface area contributed by atoms with Crippen LogP contribution in [0, 0.1) is 17.3 Å². The van der Waals surface area contributed by atoms with Gasteiger partial charge in [0, 0.05) is 12.3 Å². The normalized spacial score (nSPS) is 41.8. The third kappa shape index (κ3) is 1.82. The largest absolute Gasteiger partial charge is 0.348 e. The number of ether oxygens (including phenoxy) is 2. The molecule has 3 rings (SSSR count). The van der Waals surface area contributed by atoms with Crippen LogP contribution in [0.1, 0.15) is 46.5 Å². The zero-order valence-electron chi connectivity index (χ0n) is 12.2. The van der Waals surface area contributed by atoms with Crippen LogP contribution in [-0.4, -0.2) is 24.8 Å². The lowest BCUT2D eigenvalue weighted by molar-refractivity contribution is -0.181. The minimum absolute atomic E-state index is 0.200. The standard InChI is InChI=1S/C16H24O3/c1-11-5-4-6-12(2)16(11)10-13(9-14(16)17)15(3)18-7-8-19-15/h5,12-13H,4,6-10H2,1-3H3/t12-,13?,16-/m0/s1. The lowest BCUT2D eigenvalue weighted by atomic mass is 9.64. The van der Waals surface area contributed by atoms with Gasteiger partial charge in [-0.25, -0.2) is 0 Å². The summed E-state index contributed by atoms with van der Waals surface area (Å²) in [6.07, 6.45) is 5.99. The van der Waals surface area contributed by atoms with Crippen molar-refractivity contribution >= 4 is 5.78 Å². The summed E-state index contributed by atoms with van der Waals surface area (Å²) < 4.78 is 11.6. The van der Waals surface area contributed by atoms with Gasteiger partial charge in [-0.1, -0.05) is 18.6 Å². The fraction of sp³-hybridized carbons (Fsp3) is 0.812. The number of hydrogen-bond acceptors (Lipinski definition) is 3. The van der Waals surface area contributed by atoms with Gasteiger partial charge in [-0.2, -0.15) is 0 Å². The number of hydrogen-bond donors (Lipinski definition) is 0. The second-order valence-corrected chi connectivity index (χ2v) is 6.58. The molecule has 0 radical (unpaired) electrons. The molecule has 0 amide bonds. The second kappa shape index (κ2) is 4.42. The maximum atomic E-state index is 12.7. The Morgan fingerprint density at radius 3 is 2.63 bits per heavy atom. The van der Waals surface area contributed by atoms with Crippen molar-refractivity contribution in [3.63, 3.8) is 0 Å². The molecule has 3 heteroatoms. The van der Waals surface area contributed by atoms with E-state index < -0.39 is 5.79 Å². The van der Waals surface area contributed by atoms with E-state index in [1.165, 1.54) is 5.57 Å². The van der Waals surface area contributed by atoms with E-state index in [2.05, 4.69) is 19.9 Å². The number of rotatable bonds is 1. The van der Waals surface area contributed by atoms with Crippen LogP contribution >= 0.6 is 0 Å².